The molecule has 1 aromatic carbocycles. The van der Waals surface area contributed by atoms with Crippen molar-refractivity contribution in [2.24, 2.45) is 5.92 Å². The minimum absolute atomic E-state index is 0.168. The predicted molar refractivity (Wildman–Crippen MR) is 78.0 cm³/mol. The maximum atomic E-state index is 13.0. The van der Waals surface area contributed by atoms with E-state index in [1.165, 1.54) is 12.0 Å². The Hall–Kier alpha value is -0.930. The van der Waals surface area contributed by atoms with Crippen LogP contribution in [0.1, 0.15) is 38.2 Å². The van der Waals surface area contributed by atoms with E-state index in [-0.39, 0.29) is 5.82 Å². The number of nitrogens with one attached hydrogen (secondary N) is 1. The molecule has 0 aliphatic carbocycles. The summed E-state index contributed by atoms with van der Waals surface area (Å²) in [6.45, 7) is 6.98. The molecule has 0 fully saturated rings. The van der Waals surface area contributed by atoms with Crippen LogP contribution in [0.25, 0.3) is 0 Å². The molecular formula is C16H26FNO. The lowest BCUT2D eigenvalue weighted by atomic mass is 9.88. The number of benzene rings is 1. The quantitative estimate of drug-likeness (QED) is 0.690. The average molecular weight is 267 g/mol. The van der Waals surface area contributed by atoms with Crippen LogP contribution in [0.3, 0.4) is 0 Å². The van der Waals surface area contributed by atoms with E-state index in [1.54, 1.807) is 19.2 Å². The lowest BCUT2D eigenvalue weighted by molar-refractivity contribution is 0.198. The summed E-state index contributed by atoms with van der Waals surface area (Å²) in [7, 11) is 1.71. The molecule has 3 heteroatoms. The molecule has 2 atom stereocenters. The first kappa shape index (κ1) is 16.1. The van der Waals surface area contributed by atoms with Gasteiger partial charge in [-0.2, -0.15) is 0 Å². The molecule has 19 heavy (non-hydrogen) atoms. The van der Waals surface area contributed by atoms with E-state index >= 15 is 0 Å². The van der Waals surface area contributed by atoms with Crippen LogP contribution in [-0.2, 0) is 4.74 Å². The zero-order valence-corrected chi connectivity index (χ0v) is 12.3. The van der Waals surface area contributed by atoms with Crippen LogP contribution in [-0.4, -0.2) is 26.8 Å². The monoisotopic (exact) mass is 267 g/mol. The van der Waals surface area contributed by atoms with E-state index in [1.807, 2.05) is 12.1 Å². The van der Waals surface area contributed by atoms with Crippen molar-refractivity contribution in [1.29, 1.82) is 0 Å². The van der Waals surface area contributed by atoms with Gasteiger partial charge >= 0.3 is 0 Å². The van der Waals surface area contributed by atoms with Crippen molar-refractivity contribution in [3.63, 3.8) is 0 Å². The van der Waals surface area contributed by atoms with E-state index in [9.17, 15) is 4.39 Å². The minimum atomic E-state index is -0.168. The van der Waals surface area contributed by atoms with Crippen molar-refractivity contribution in [3.8, 4) is 0 Å². The molecule has 0 heterocycles. The maximum Gasteiger partial charge on any atom is 0.123 e. The molecule has 0 radical (unpaired) electrons. The summed E-state index contributed by atoms with van der Waals surface area (Å²) in [6, 6.07) is 6.91. The summed E-state index contributed by atoms with van der Waals surface area (Å²) < 4.78 is 18.0. The molecule has 1 aromatic rings. The van der Waals surface area contributed by atoms with Gasteiger partial charge in [0.2, 0.25) is 0 Å². The molecule has 1 N–H and O–H groups in total. The first-order valence-corrected chi connectivity index (χ1v) is 7.12. The Kier molecular flexibility index (Phi) is 7.68. The van der Waals surface area contributed by atoms with Gasteiger partial charge in [0.05, 0.1) is 6.61 Å². The Bertz CT molecular complexity index is 339. The SMILES string of the molecule is CCC(C)CC(CNCCOC)c1ccc(F)cc1. The van der Waals surface area contributed by atoms with E-state index in [4.69, 9.17) is 4.74 Å². The predicted octanol–water partition coefficient (Wildman–Crippen LogP) is 3.58. The first-order chi connectivity index (χ1) is 9.17. The van der Waals surface area contributed by atoms with Gasteiger partial charge in [0.1, 0.15) is 5.82 Å². The van der Waals surface area contributed by atoms with Crippen molar-refractivity contribution in [2.45, 2.75) is 32.6 Å². The maximum absolute atomic E-state index is 13.0. The standard InChI is InChI=1S/C16H26FNO/c1-4-13(2)11-15(12-18-9-10-19-3)14-5-7-16(17)8-6-14/h5-8,13,15,18H,4,9-12H2,1-3H3. The van der Waals surface area contributed by atoms with Gasteiger partial charge < -0.3 is 10.1 Å². The molecule has 2 unspecified atom stereocenters. The lowest BCUT2D eigenvalue weighted by Gasteiger charge is -2.21. The number of hydrogen-bond acceptors (Lipinski definition) is 2. The Morgan fingerprint density at radius 2 is 1.95 bits per heavy atom. The molecule has 0 bridgehead atoms. The van der Waals surface area contributed by atoms with Crippen LogP contribution in [0.15, 0.2) is 24.3 Å². The smallest absolute Gasteiger partial charge is 0.123 e. The molecule has 0 amide bonds. The van der Waals surface area contributed by atoms with E-state index < -0.39 is 0 Å². The molecule has 0 aromatic heterocycles. The zero-order chi connectivity index (χ0) is 14.1. The number of halogens is 1. The van der Waals surface area contributed by atoms with Crippen LogP contribution in [0, 0.1) is 11.7 Å². The topological polar surface area (TPSA) is 21.3 Å². The van der Waals surface area contributed by atoms with Crippen molar-refractivity contribution in [1.82, 2.24) is 5.32 Å². The molecule has 0 aliphatic heterocycles. The van der Waals surface area contributed by atoms with Gasteiger partial charge in [-0.15, -0.1) is 0 Å². The fraction of sp³-hybridized carbons (Fsp3) is 0.625. The van der Waals surface area contributed by atoms with Gasteiger partial charge in [-0.3, -0.25) is 0 Å². The normalized spacial score (nSPS) is 14.3. The lowest BCUT2D eigenvalue weighted by Crippen LogP contribution is -2.26. The molecular weight excluding hydrogens is 241 g/mol. The van der Waals surface area contributed by atoms with Gasteiger partial charge in [-0.25, -0.2) is 4.39 Å². The molecule has 0 saturated heterocycles. The summed E-state index contributed by atoms with van der Waals surface area (Å²) in [4.78, 5) is 0. The van der Waals surface area contributed by atoms with E-state index in [2.05, 4.69) is 19.2 Å². The fourth-order valence-electron chi connectivity index (χ4n) is 2.18. The highest BCUT2D eigenvalue weighted by Gasteiger charge is 2.14. The molecule has 0 spiro atoms. The van der Waals surface area contributed by atoms with Crippen molar-refractivity contribution >= 4 is 0 Å². The summed E-state index contributed by atoms with van der Waals surface area (Å²) >= 11 is 0. The second-order valence-electron chi connectivity index (χ2n) is 5.19. The van der Waals surface area contributed by atoms with Crippen LogP contribution >= 0.6 is 0 Å². The Balaban J connectivity index is 2.60. The van der Waals surface area contributed by atoms with Crippen LogP contribution in [0.5, 0.6) is 0 Å². The summed E-state index contributed by atoms with van der Waals surface area (Å²) in [5.41, 5.74) is 1.21. The van der Waals surface area contributed by atoms with Crippen molar-refractivity contribution in [2.75, 3.05) is 26.8 Å². The van der Waals surface area contributed by atoms with Gasteiger partial charge in [0.25, 0.3) is 0 Å². The zero-order valence-electron chi connectivity index (χ0n) is 12.3. The fourth-order valence-corrected chi connectivity index (χ4v) is 2.18. The summed E-state index contributed by atoms with van der Waals surface area (Å²) in [5.74, 6) is 0.949. The van der Waals surface area contributed by atoms with Gasteiger partial charge in [0, 0.05) is 20.2 Å². The molecule has 0 saturated carbocycles. The molecule has 0 aliphatic rings. The minimum Gasteiger partial charge on any atom is -0.383 e. The molecule has 1 rings (SSSR count). The summed E-state index contributed by atoms with van der Waals surface area (Å²) in [5, 5.41) is 3.41. The Morgan fingerprint density at radius 3 is 2.53 bits per heavy atom. The number of hydrogen-bond donors (Lipinski definition) is 1. The Labute approximate surface area is 116 Å². The number of ether oxygens (including phenoxy) is 1. The Morgan fingerprint density at radius 1 is 1.26 bits per heavy atom. The second kappa shape index (κ2) is 9.05. The molecule has 2 nitrogen and oxygen atoms in total. The highest BCUT2D eigenvalue weighted by molar-refractivity contribution is 5.21. The third-order valence-corrected chi connectivity index (χ3v) is 3.60. The third-order valence-electron chi connectivity index (χ3n) is 3.60. The van der Waals surface area contributed by atoms with Gasteiger partial charge in [-0.05, 0) is 36.0 Å². The van der Waals surface area contributed by atoms with Crippen molar-refractivity contribution < 1.29 is 9.13 Å². The van der Waals surface area contributed by atoms with Gasteiger partial charge in [0.15, 0.2) is 0 Å². The van der Waals surface area contributed by atoms with Crippen LogP contribution in [0.2, 0.25) is 0 Å². The van der Waals surface area contributed by atoms with Crippen LogP contribution in [0.4, 0.5) is 4.39 Å². The molecule has 108 valence electrons. The summed E-state index contributed by atoms with van der Waals surface area (Å²) in [6.07, 6.45) is 2.30. The third kappa shape index (κ3) is 6.17. The van der Waals surface area contributed by atoms with E-state index in [0.717, 1.165) is 26.1 Å². The van der Waals surface area contributed by atoms with Crippen LogP contribution < -0.4 is 5.32 Å². The largest absolute Gasteiger partial charge is 0.383 e. The average Bonchev–Trinajstić information content (AvgIpc) is 2.43. The number of rotatable bonds is 9. The number of methoxy groups -OCH3 is 1. The first-order valence-electron chi connectivity index (χ1n) is 7.12. The second-order valence-corrected chi connectivity index (χ2v) is 5.19. The van der Waals surface area contributed by atoms with Crippen molar-refractivity contribution in [3.05, 3.63) is 35.6 Å². The highest BCUT2D eigenvalue weighted by Crippen LogP contribution is 2.25. The van der Waals surface area contributed by atoms with E-state index in [0.29, 0.717) is 11.8 Å². The highest BCUT2D eigenvalue weighted by atomic mass is 19.1. The van der Waals surface area contributed by atoms with Gasteiger partial charge in [-0.1, -0.05) is 32.4 Å².